The number of fused-ring (bicyclic) bond motifs is 1. The summed E-state index contributed by atoms with van der Waals surface area (Å²) in [6.07, 6.45) is 3.05. The Hall–Kier alpha value is -2.20. The summed E-state index contributed by atoms with van der Waals surface area (Å²) in [7, 11) is 0. The first-order valence-electron chi connectivity index (χ1n) is 12.7. The summed E-state index contributed by atoms with van der Waals surface area (Å²) < 4.78 is 55.3. The molecule has 3 heterocycles. The molecule has 6 rings (SSSR count). The minimum atomic E-state index is -4.56. The number of aromatic nitrogens is 3. The Balaban J connectivity index is 1.26. The van der Waals surface area contributed by atoms with Crippen molar-refractivity contribution in [1.82, 2.24) is 24.3 Å². The Labute approximate surface area is 202 Å². The van der Waals surface area contributed by atoms with Crippen LogP contribution in [0.25, 0.3) is 11.3 Å². The van der Waals surface area contributed by atoms with E-state index in [0.29, 0.717) is 41.6 Å². The van der Waals surface area contributed by atoms with Crippen LogP contribution in [0, 0.1) is 17.8 Å². The van der Waals surface area contributed by atoms with Crippen LogP contribution < -0.4 is 5.73 Å². The van der Waals surface area contributed by atoms with Crippen LogP contribution in [0.2, 0.25) is 0 Å². The maximum absolute atomic E-state index is 13.4. The van der Waals surface area contributed by atoms with Crippen molar-refractivity contribution in [3.05, 3.63) is 29.8 Å². The Kier molecular flexibility index (Phi) is 5.41. The minimum Gasteiger partial charge on any atom is -0.383 e. The van der Waals surface area contributed by atoms with Gasteiger partial charge >= 0.3 is 6.18 Å². The molecule has 4 atom stereocenters. The first kappa shape index (κ1) is 23.2. The van der Waals surface area contributed by atoms with Gasteiger partial charge in [0.25, 0.3) is 0 Å². The third-order valence-corrected chi connectivity index (χ3v) is 8.94. The van der Waals surface area contributed by atoms with Gasteiger partial charge in [-0.2, -0.15) is 13.2 Å². The fraction of sp³-hybridized carbons (Fsp3) is 0.680. The van der Waals surface area contributed by atoms with Gasteiger partial charge in [0, 0.05) is 69.1 Å². The first-order valence-corrected chi connectivity index (χ1v) is 12.7. The van der Waals surface area contributed by atoms with Gasteiger partial charge in [0.05, 0.1) is 16.8 Å². The number of piperazine rings is 1. The molecule has 4 aliphatic rings. The van der Waals surface area contributed by atoms with Gasteiger partial charge in [-0.3, -0.25) is 9.80 Å². The molecule has 2 N–H and O–H groups in total. The third kappa shape index (κ3) is 3.84. The predicted molar refractivity (Wildman–Crippen MR) is 124 cm³/mol. The van der Waals surface area contributed by atoms with Gasteiger partial charge in [-0.15, -0.1) is 0 Å². The lowest BCUT2D eigenvalue weighted by molar-refractivity contribution is -0.137. The zero-order chi connectivity index (χ0) is 24.5. The Bertz CT molecular complexity index is 1100. The van der Waals surface area contributed by atoms with Gasteiger partial charge in [0.2, 0.25) is 0 Å². The van der Waals surface area contributed by atoms with E-state index in [1.807, 2.05) is 6.20 Å². The van der Waals surface area contributed by atoms with Gasteiger partial charge in [-0.1, -0.05) is 6.92 Å². The van der Waals surface area contributed by atoms with Crippen molar-refractivity contribution in [1.29, 1.82) is 0 Å². The highest BCUT2D eigenvalue weighted by atomic mass is 19.4. The number of nitrogens with zero attached hydrogens (tertiary/aromatic N) is 5. The van der Waals surface area contributed by atoms with Gasteiger partial charge in [0.15, 0.2) is 0 Å². The molecule has 2 aromatic heterocycles. The second-order valence-electron chi connectivity index (χ2n) is 10.9. The SMILES string of the molecule is CC1C2C(N3CCN(CCF)CC3)C[C@@]12n1cc(-c2cnc(N)c(C(F)(F)F)c2)nc1CC1CC1. The average Bonchev–Trinajstić information content (AvgIpc) is 3.63. The molecule has 4 fully saturated rings. The molecule has 190 valence electrons. The maximum Gasteiger partial charge on any atom is 0.419 e. The van der Waals surface area contributed by atoms with Gasteiger partial charge < -0.3 is 10.3 Å². The van der Waals surface area contributed by atoms with E-state index in [4.69, 9.17) is 10.7 Å². The molecule has 0 radical (unpaired) electrons. The highest BCUT2D eigenvalue weighted by Gasteiger charge is 2.75. The number of halogens is 4. The number of nitrogen functional groups attached to an aromatic ring is 1. The molecule has 1 aliphatic heterocycles. The van der Waals surface area contributed by atoms with Crippen LogP contribution in [-0.2, 0) is 18.1 Å². The number of rotatable bonds is 7. The van der Waals surface area contributed by atoms with Crippen molar-refractivity contribution < 1.29 is 17.6 Å². The molecular formula is C25H32F4N6. The molecule has 2 aromatic rings. The molecule has 3 unspecified atom stereocenters. The Morgan fingerprint density at radius 2 is 1.91 bits per heavy atom. The normalized spacial score (nSPS) is 31.3. The molecule has 35 heavy (non-hydrogen) atoms. The molecule has 3 saturated carbocycles. The smallest absolute Gasteiger partial charge is 0.383 e. The van der Waals surface area contributed by atoms with E-state index >= 15 is 0 Å². The number of alkyl halides is 4. The molecular weight excluding hydrogens is 460 g/mol. The lowest BCUT2D eigenvalue weighted by Gasteiger charge is -2.46. The van der Waals surface area contributed by atoms with Crippen LogP contribution in [0.3, 0.4) is 0 Å². The van der Waals surface area contributed by atoms with E-state index in [1.165, 1.54) is 19.0 Å². The Morgan fingerprint density at radius 3 is 2.54 bits per heavy atom. The number of imidazole rings is 1. The molecule has 0 aromatic carbocycles. The fourth-order valence-electron chi connectivity index (χ4n) is 6.69. The van der Waals surface area contributed by atoms with Gasteiger partial charge in [-0.25, -0.2) is 14.4 Å². The molecule has 1 saturated heterocycles. The quantitative estimate of drug-likeness (QED) is 0.596. The van der Waals surface area contributed by atoms with Gasteiger partial charge in [-0.05, 0) is 37.2 Å². The summed E-state index contributed by atoms with van der Waals surface area (Å²) in [5.41, 5.74) is 5.49. The second-order valence-corrected chi connectivity index (χ2v) is 10.9. The number of nitrogens with two attached hydrogens (primary N) is 1. The van der Waals surface area contributed by atoms with Crippen LogP contribution in [0.15, 0.2) is 18.5 Å². The van der Waals surface area contributed by atoms with Crippen molar-refractivity contribution in [3.63, 3.8) is 0 Å². The second kappa shape index (κ2) is 8.16. The number of anilines is 1. The van der Waals surface area contributed by atoms with Crippen molar-refractivity contribution in [2.75, 3.05) is 45.1 Å². The molecule has 0 amide bonds. The van der Waals surface area contributed by atoms with Crippen LogP contribution in [-0.4, -0.2) is 69.8 Å². The van der Waals surface area contributed by atoms with Crippen LogP contribution in [0.1, 0.15) is 37.6 Å². The summed E-state index contributed by atoms with van der Waals surface area (Å²) >= 11 is 0. The number of hydrogen-bond acceptors (Lipinski definition) is 5. The van der Waals surface area contributed by atoms with E-state index in [2.05, 4.69) is 26.3 Å². The standard InChI is InChI=1S/C25H32F4N6/c1-15-22-20(34-8-6-33(5-4-26)7-9-34)12-24(15,22)35-14-19(32-21(35)10-16-2-3-16)17-11-18(25(27,28)29)23(30)31-13-17/h11,13-16,20,22H,2-10,12H2,1H3,(H2,30,31)/t15?,20?,22?,24-/m1/s1. The lowest BCUT2D eigenvalue weighted by atomic mass is 9.84. The molecule has 3 aliphatic carbocycles. The highest BCUT2D eigenvalue weighted by Crippen LogP contribution is 2.71. The predicted octanol–water partition coefficient (Wildman–Crippen LogP) is 3.82. The van der Waals surface area contributed by atoms with E-state index in [1.54, 1.807) is 0 Å². The van der Waals surface area contributed by atoms with E-state index in [0.717, 1.165) is 50.9 Å². The molecule has 10 heteroatoms. The van der Waals surface area contributed by atoms with E-state index < -0.39 is 17.6 Å². The summed E-state index contributed by atoms with van der Waals surface area (Å²) in [4.78, 5) is 13.4. The lowest BCUT2D eigenvalue weighted by Crippen LogP contribution is -2.56. The summed E-state index contributed by atoms with van der Waals surface area (Å²) in [6.45, 7) is 6.24. The molecule has 6 nitrogen and oxygen atoms in total. The van der Waals surface area contributed by atoms with E-state index in [9.17, 15) is 17.6 Å². The van der Waals surface area contributed by atoms with Crippen molar-refractivity contribution in [2.24, 2.45) is 17.8 Å². The maximum atomic E-state index is 13.4. The average molecular weight is 493 g/mol. The van der Waals surface area contributed by atoms with Gasteiger partial charge in [0.1, 0.15) is 18.3 Å². The zero-order valence-corrected chi connectivity index (χ0v) is 19.9. The number of pyridine rings is 1. The van der Waals surface area contributed by atoms with Crippen LogP contribution in [0.5, 0.6) is 0 Å². The Morgan fingerprint density at radius 1 is 1.17 bits per heavy atom. The highest BCUT2D eigenvalue weighted by molar-refractivity contribution is 5.62. The number of hydrogen-bond donors (Lipinski definition) is 1. The summed E-state index contributed by atoms with van der Waals surface area (Å²) in [5, 5.41) is 0. The fourth-order valence-corrected chi connectivity index (χ4v) is 6.69. The van der Waals surface area contributed by atoms with E-state index in [-0.39, 0.29) is 12.2 Å². The summed E-state index contributed by atoms with van der Waals surface area (Å²) in [6, 6.07) is 1.58. The first-order chi connectivity index (χ1) is 16.7. The largest absolute Gasteiger partial charge is 0.419 e. The zero-order valence-electron chi connectivity index (χ0n) is 19.9. The summed E-state index contributed by atoms with van der Waals surface area (Å²) in [5.74, 6) is 2.09. The van der Waals surface area contributed by atoms with Crippen LogP contribution in [0.4, 0.5) is 23.4 Å². The minimum absolute atomic E-state index is 0.00427. The topological polar surface area (TPSA) is 63.2 Å². The van der Waals surface area contributed by atoms with Crippen molar-refractivity contribution in [3.8, 4) is 11.3 Å². The molecule has 0 spiro atoms. The van der Waals surface area contributed by atoms with Crippen molar-refractivity contribution in [2.45, 2.75) is 50.4 Å². The monoisotopic (exact) mass is 492 g/mol. The molecule has 0 bridgehead atoms. The van der Waals surface area contributed by atoms with Crippen LogP contribution >= 0.6 is 0 Å². The van der Waals surface area contributed by atoms with Crippen molar-refractivity contribution >= 4 is 5.82 Å². The third-order valence-electron chi connectivity index (χ3n) is 8.94.